The Hall–Kier alpha value is -3.91. The molecule has 4 aromatic rings. The van der Waals surface area contributed by atoms with E-state index in [1.165, 1.54) is 18.7 Å². The number of thioether (sulfide) groups is 1. The summed E-state index contributed by atoms with van der Waals surface area (Å²) in [5.41, 5.74) is 4.77. The lowest BCUT2D eigenvalue weighted by Crippen LogP contribution is -2.14. The highest BCUT2D eigenvalue weighted by Gasteiger charge is 2.20. The van der Waals surface area contributed by atoms with Crippen molar-refractivity contribution in [3.8, 4) is 22.8 Å². The Bertz CT molecular complexity index is 1360. The van der Waals surface area contributed by atoms with E-state index in [0.717, 1.165) is 16.8 Å². The summed E-state index contributed by atoms with van der Waals surface area (Å²) in [7, 11) is 0. The second kappa shape index (κ2) is 9.93. The normalized spacial score (nSPS) is 10.8. The van der Waals surface area contributed by atoms with E-state index in [0.29, 0.717) is 27.8 Å². The molecule has 0 bridgehead atoms. The summed E-state index contributed by atoms with van der Waals surface area (Å²) in [6, 6.07) is 19.8. The van der Waals surface area contributed by atoms with Crippen LogP contribution in [0.5, 0.6) is 5.75 Å². The van der Waals surface area contributed by atoms with E-state index in [2.05, 4.69) is 21.6 Å². The van der Waals surface area contributed by atoms with Crippen LogP contribution in [-0.2, 0) is 4.79 Å². The predicted molar refractivity (Wildman–Crippen MR) is 134 cm³/mol. The topological polar surface area (TPSA) is 97.1 Å². The number of ketones is 1. The molecule has 0 unspecified atom stereocenters. The van der Waals surface area contributed by atoms with Gasteiger partial charge in [-0.05, 0) is 68.8 Å². The van der Waals surface area contributed by atoms with Crippen molar-refractivity contribution in [1.82, 2.24) is 14.8 Å². The van der Waals surface area contributed by atoms with Crippen LogP contribution in [0.3, 0.4) is 0 Å². The van der Waals surface area contributed by atoms with Gasteiger partial charge in [-0.25, -0.2) is 0 Å². The molecule has 3 aromatic carbocycles. The van der Waals surface area contributed by atoms with Gasteiger partial charge in [0.05, 0.1) is 17.0 Å². The van der Waals surface area contributed by atoms with Crippen molar-refractivity contribution in [2.45, 2.75) is 25.9 Å². The van der Waals surface area contributed by atoms with Gasteiger partial charge in [0.1, 0.15) is 5.75 Å². The first kappa shape index (κ1) is 23.3. The second-order valence-corrected chi connectivity index (χ2v) is 8.86. The lowest BCUT2D eigenvalue weighted by molar-refractivity contribution is -0.113. The Morgan fingerprint density at radius 3 is 2.41 bits per heavy atom. The minimum Gasteiger partial charge on any atom is -0.507 e. The van der Waals surface area contributed by atoms with E-state index in [-0.39, 0.29) is 23.2 Å². The quantitative estimate of drug-likeness (QED) is 0.284. The van der Waals surface area contributed by atoms with Crippen LogP contribution in [0, 0.1) is 13.8 Å². The molecule has 0 aliphatic heterocycles. The number of aromatic hydroxyl groups is 1. The van der Waals surface area contributed by atoms with E-state index in [4.69, 9.17) is 0 Å². The fraction of sp³-hybridized carbons (Fsp3) is 0.154. The van der Waals surface area contributed by atoms with Crippen LogP contribution in [0.2, 0.25) is 0 Å². The van der Waals surface area contributed by atoms with Crippen molar-refractivity contribution < 1.29 is 14.7 Å². The third-order valence-corrected chi connectivity index (χ3v) is 6.21. The van der Waals surface area contributed by atoms with Gasteiger partial charge >= 0.3 is 0 Å². The first-order chi connectivity index (χ1) is 16.3. The summed E-state index contributed by atoms with van der Waals surface area (Å²) >= 11 is 1.25. The molecule has 0 fully saturated rings. The predicted octanol–water partition coefficient (Wildman–Crippen LogP) is 5.19. The number of phenolic OH excluding ortho intramolecular Hbond substituents is 1. The van der Waals surface area contributed by atoms with Gasteiger partial charge in [-0.15, -0.1) is 10.2 Å². The second-order valence-electron chi connectivity index (χ2n) is 7.92. The average molecular weight is 473 g/mol. The van der Waals surface area contributed by atoms with Crippen LogP contribution < -0.4 is 5.32 Å². The maximum Gasteiger partial charge on any atom is 0.234 e. The van der Waals surface area contributed by atoms with Gasteiger partial charge in [0.15, 0.2) is 16.8 Å². The number of nitrogens with one attached hydrogen (secondary N) is 1. The van der Waals surface area contributed by atoms with Crippen LogP contribution in [0.1, 0.15) is 28.4 Å². The van der Waals surface area contributed by atoms with Crippen molar-refractivity contribution in [3.63, 3.8) is 0 Å². The molecule has 7 nitrogen and oxygen atoms in total. The van der Waals surface area contributed by atoms with Crippen LogP contribution >= 0.6 is 11.8 Å². The largest absolute Gasteiger partial charge is 0.507 e. The number of nitrogens with zero attached hydrogens (tertiary/aromatic N) is 3. The first-order valence-electron chi connectivity index (χ1n) is 10.7. The summed E-state index contributed by atoms with van der Waals surface area (Å²) < 4.78 is 1.86. The van der Waals surface area contributed by atoms with E-state index in [1.54, 1.807) is 42.5 Å². The number of amides is 1. The van der Waals surface area contributed by atoms with Crippen molar-refractivity contribution >= 4 is 29.1 Å². The van der Waals surface area contributed by atoms with Crippen molar-refractivity contribution in [2.24, 2.45) is 0 Å². The summed E-state index contributed by atoms with van der Waals surface area (Å²) in [4.78, 5) is 24.0. The standard InChI is InChI=1S/C26H24N4O3S/c1-16-8-13-22(17(2)14-16)30-25(21-6-4-5-7-23(21)32)28-29-26(30)34-15-24(33)27-20-11-9-19(10-12-20)18(3)31/h4-14,32H,15H2,1-3H3,(H,27,33). The number of Topliss-reactive ketones (excluding diaryl/α,β-unsaturated/α-hetero) is 1. The number of aryl methyl sites for hydroxylation is 2. The molecule has 1 aromatic heterocycles. The molecular formula is C26H24N4O3S. The fourth-order valence-corrected chi connectivity index (χ4v) is 4.33. The molecule has 172 valence electrons. The molecular weight excluding hydrogens is 448 g/mol. The van der Waals surface area contributed by atoms with Crippen molar-refractivity contribution in [2.75, 3.05) is 11.1 Å². The van der Waals surface area contributed by atoms with E-state index in [9.17, 15) is 14.7 Å². The third-order valence-electron chi connectivity index (χ3n) is 5.28. The molecule has 1 amide bonds. The van der Waals surface area contributed by atoms with Gasteiger partial charge < -0.3 is 10.4 Å². The highest BCUT2D eigenvalue weighted by molar-refractivity contribution is 7.99. The van der Waals surface area contributed by atoms with Crippen molar-refractivity contribution in [1.29, 1.82) is 0 Å². The molecule has 4 rings (SSSR count). The summed E-state index contributed by atoms with van der Waals surface area (Å²) in [5, 5.41) is 22.5. The number of anilines is 1. The van der Waals surface area contributed by atoms with Gasteiger partial charge in [0, 0.05) is 11.3 Å². The van der Waals surface area contributed by atoms with E-state index in [1.807, 2.05) is 36.6 Å². The third kappa shape index (κ3) is 5.02. The van der Waals surface area contributed by atoms with Crippen LogP contribution in [0.15, 0.2) is 71.9 Å². The molecule has 0 saturated heterocycles. The minimum atomic E-state index is -0.208. The molecule has 2 N–H and O–H groups in total. The Morgan fingerprint density at radius 1 is 1.00 bits per heavy atom. The zero-order chi connectivity index (χ0) is 24.2. The Kier molecular flexibility index (Phi) is 6.79. The zero-order valence-electron chi connectivity index (χ0n) is 19.1. The van der Waals surface area contributed by atoms with Crippen molar-refractivity contribution in [3.05, 3.63) is 83.4 Å². The van der Waals surface area contributed by atoms with Gasteiger partial charge in [0.25, 0.3) is 0 Å². The monoisotopic (exact) mass is 472 g/mol. The highest BCUT2D eigenvalue weighted by Crippen LogP contribution is 2.33. The lowest BCUT2D eigenvalue weighted by Gasteiger charge is -2.14. The number of phenols is 1. The molecule has 0 saturated carbocycles. The molecule has 8 heteroatoms. The number of hydrogen-bond acceptors (Lipinski definition) is 6. The SMILES string of the molecule is CC(=O)c1ccc(NC(=O)CSc2nnc(-c3ccccc3O)n2-c2ccc(C)cc2C)cc1. The molecule has 0 spiro atoms. The lowest BCUT2D eigenvalue weighted by atomic mass is 10.1. The fourth-order valence-electron chi connectivity index (χ4n) is 3.59. The van der Waals surface area contributed by atoms with Gasteiger partial charge in [-0.2, -0.15) is 0 Å². The zero-order valence-corrected chi connectivity index (χ0v) is 19.9. The summed E-state index contributed by atoms with van der Waals surface area (Å²) in [6.07, 6.45) is 0. The number of para-hydroxylation sites is 1. The highest BCUT2D eigenvalue weighted by atomic mass is 32.2. The number of hydrogen-bond donors (Lipinski definition) is 2. The number of aromatic nitrogens is 3. The molecule has 1 heterocycles. The maximum absolute atomic E-state index is 12.6. The molecule has 0 atom stereocenters. The number of carbonyl (C=O) groups is 2. The molecule has 0 radical (unpaired) electrons. The number of rotatable bonds is 7. The smallest absolute Gasteiger partial charge is 0.234 e. The molecule has 0 aliphatic carbocycles. The van der Waals surface area contributed by atoms with Gasteiger partial charge in [-0.1, -0.05) is 41.6 Å². The average Bonchev–Trinajstić information content (AvgIpc) is 3.22. The Morgan fingerprint density at radius 2 is 1.74 bits per heavy atom. The van der Waals surface area contributed by atoms with Gasteiger partial charge in [-0.3, -0.25) is 14.2 Å². The number of carbonyl (C=O) groups excluding carboxylic acids is 2. The molecule has 34 heavy (non-hydrogen) atoms. The van der Waals surface area contributed by atoms with E-state index >= 15 is 0 Å². The van der Waals surface area contributed by atoms with Crippen LogP contribution in [-0.4, -0.2) is 37.3 Å². The number of benzene rings is 3. The first-order valence-corrected chi connectivity index (χ1v) is 11.7. The Labute approximate surface area is 201 Å². The summed E-state index contributed by atoms with van der Waals surface area (Å²) in [6.45, 7) is 5.53. The van der Waals surface area contributed by atoms with E-state index < -0.39 is 0 Å². The minimum absolute atomic E-state index is 0.0283. The van der Waals surface area contributed by atoms with Crippen LogP contribution in [0.25, 0.3) is 17.1 Å². The Balaban J connectivity index is 1.61. The maximum atomic E-state index is 12.6. The van der Waals surface area contributed by atoms with Crippen LogP contribution in [0.4, 0.5) is 5.69 Å². The van der Waals surface area contributed by atoms with Gasteiger partial charge in [0.2, 0.25) is 5.91 Å². The molecule has 0 aliphatic rings. The summed E-state index contributed by atoms with van der Waals surface area (Å²) in [5.74, 6) is 0.467.